The molecule has 0 fully saturated rings. The normalized spacial score (nSPS) is 11.2. The molecule has 0 unspecified atom stereocenters. The maximum atomic E-state index is 2.34. The van der Waals surface area contributed by atoms with Crippen LogP contribution < -0.4 is 9.13 Å². The highest BCUT2D eigenvalue weighted by Gasteiger charge is 2.29. The molecule has 0 atom stereocenters. The van der Waals surface area contributed by atoms with Crippen LogP contribution in [0.2, 0.25) is 0 Å². The molecule has 2 aromatic heterocycles. The van der Waals surface area contributed by atoms with E-state index in [2.05, 4.69) is 269 Å². The van der Waals surface area contributed by atoms with Gasteiger partial charge in [-0.2, -0.15) is 0 Å². The Morgan fingerprint density at radius 3 is 0.708 bits per heavy atom. The molecule has 0 spiro atoms. The molecule has 0 aliphatic rings. The maximum absolute atomic E-state index is 2.34. The largest absolute Gasteiger partial charge is 0.207 e. The topological polar surface area (TPSA) is 7.76 Å². The van der Waals surface area contributed by atoms with Gasteiger partial charge in [0.05, 0.1) is 0 Å². The van der Waals surface area contributed by atoms with Gasteiger partial charge < -0.3 is 0 Å². The van der Waals surface area contributed by atoms with Crippen molar-refractivity contribution in [3.05, 3.63) is 242 Å². The Hall–Kier alpha value is -7.94. The first kappa shape index (κ1) is 41.1. The summed E-state index contributed by atoms with van der Waals surface area (Å²) in [5, 5.41) is 0. The first-order chi connectivity index (χ1) is 31.8. The minimum Gasteiger partial charge on any atom is -0.207 e. The summed E-state index contributed by atoms with van der Waals surface area (Å²) in [7, 11) is 4.16. The van der Waals surface area contributed by atoms with E-state index in [1.165, 1.54) is 100 Å². The first-order valence-corrected chi connectivity index (χ1v) is 22.5. The van der Waals surface area contributed by atoms with Gasteiger partial charge in [0.2, 0.25) is 0 Å². The highest BCUT2D eigenvalue weighted by molar-refractivity contribution is 6.15. The van der Waals surface area contributed by atoms with Crippen LogP contribution in [0, 0.1) is 20.8 Å². The molecule has 0 aliphatic heterocycles. The van der Waals surface area contributed by atoms with E-state index in [0.29, 0.717) is 0 Å². The molecule has 2 heteroatoms. The lowest BCUT2D eigenvalue weighted by Gasteiger charge is -2.29. The Kier molecular flexibility index (Phi) is 11.2. The number of benzene rings is 8. The lowest BCUT2D eigenvalue weighted by molar-refractivity contribution is -0.671. The molecule has 0 aliphatic carbocycles. The van der Waals surface area contributed by atoms with Crippen LogP contribution in [0.3, 0.4) is 0 Å². The number of nitrogens with zero attached hydrogens (tertiary/aromatic N) is 2. The molecule has 0 amide bonds. The standard InChI is InChI=1S/C63H52N2/c1-43-15-21-50(22-16-43)58-61(53-33-27-47(28-34-53)46-11-7-6-8-12-46)59(51-23-17-44(2)18-24-51)63(55-37-31-49(32-38-55)57-14-10-40-65(5)42-57)60(52-25-19-45(3)20-26-52)62(58)54-35-29-48(30-36-54)56-13-9-39-64(4)41-56/h6-42H,1-5H3/q+2. The zero-order valence-corrected chi connectivity index (χ0v) is 37.8. The lowest BCUT2D eigenvalue weighted by atomic mass is 9.74. The third-order valence-electron chi connectivity index (χ3n) is 12.7. The number of hydrogen-bond donors (Lipinski definition) is 0. The van der Waals surface area contributed by atoms with Gasteiger partial charge in [-0.25, -0.2) is 9.13 Å². The second-order valence-electron chi connectivity index (χ2n) is 17.5. The summed E-state index contributed by atoms with van der Waals surface area (Å²) in [6.45, 7) is 6.52. The zero-order valence-electron chi connectivity index (χ0n) is 37.8. The Bertz CT molecular complexity index is 3110. The summed E-state index contributed by atoms with van der Waals surface area (Å²) in [4.78, 5) is 0. The predicted molar refractivity (Wildman–Crippen MR) is 272 cm³/mol. The summed E-state index contributed by atoms with van der Waals surface area (Å²) in [5.74, 6) is 0. The fraction of sp³-hybridized carbons (Fsp3) is 0.0794. The van der Waals surface area contributed by atoms with E-state index in [1.54, 1.807) is 0 Å². The summed E-state index contributed by atoms with van der Waals surface area (Å²) < 4.78 is 4.23. The van der Waals surface area contributed by atoms with E-state index >= 15 is 0 Å². The van der Waals surface area contributed by atoms with E-state index in [9.17, 15) is 0 Å². The molecule has 0 saturated heterocycles. The zero-order chi connectivity index (χ0) is 44.4. The van der Waals surface area contributed by atoms with E-state index < -0.39 is 0 Å². The average Bonchev–Trinajstić information content (AvgIpc) is 3.34. The van der Waals surface area contributed by atoms with Crippen LogP contribution in [-0.4, -0.2) is 0 Å². The van der Waals surface area contributed by atoms with Crippen molar-refractivity contribution in [2.45, 2.75) is 20.8 Å². The van der Waals surface area contributed by atoms with Crippen molar-refractivity contribution < 1.29 is 9.13 Å². The van der Waals surface area contributed by atoms with Crippen molar-refractivity contribution in [3.8, 4) is 100 Å². The molecule has 0 saturated carbocycles. The van der Waals surface area contributed by atoms with Crippen molar-refractivity contribution in [3.63, 3.8) is 0 Å². The average molecular weight is 837 g/mol. The smallest absolute Gasteiger partial charge is 0.176 e. The second-order valence-corrected chi connectivity index (χ2v) is 17.5. The quantitative estimate of drug-likeness (QED) is 0.128. The molecule has 0 radical (unpaired) electrons. The van der Waals surface area contributed by atoms with Gasteiger partial charge in [0.25, 0.3) is 0 Å². The number of pyridine rings is 2. The van der Waals surface area contributed by atoms with Crippen LogP contribution in [0.15, 0.2) is 225 Å². The van der Waals surface area contributed by atoms with Gasteiger partial charge in [-0.05, 0) is 122 Å². The molecule has 8 aromatic carbocycles. The van der Waals surface area contributed by atoms with Crippen LogP contribution in [0.25, 0.3) is 100 Å². The predicted octanol–water partition coefficient (Wildman–Crippen LogP) is 15.3. The van der Waals surface area contributed by atoms with Crippen molar-refractivity contribution in [1.82, 2.24) is 0 Å². The van der Waals surface area contributed by atoms with Gasteiger partial charge >= 0.3 is 0 Å². The summed E-state index contributed by atoms with van der Waals surface area (Å²) >= 11 is 0. The molecule has 312 valence electrons. The Morgan fingerprint density at radius 2 is 0.431 bits per heavy atom. The summed E-state index contributed by atoms with van der Waals surface area (Å²) in [6, 6.07) is 74.5. The van der Waals surface area contributed by atoms with Crippen LogP contribution in [0.5, 0.6) is 0 Å². The third-order valence-corrected chi connectivity index (χ3v) is 12.7. The SMILES string of the molecule is Cc1ccc(-c2c(-c3ccc(-c4ccccc4)cc3)c(-c3ccc(C)cc3)c(-c3ccc(-c4ccc[n+](C)c4)cc3)c(-c3ccc(C)cc3)c2-c2ccc(-c3ccc[n+](C)c3)cc2)cc1. The highest BCUT2D eigenvalue weighted by atomic mass is 14.9. The maximum Gasteiger partial charge on any atom is 0.176 e. The molecule has 0 N–H and O–H groups in total. The molecular formula is C63H52N2+2. The molecule has 10 rings (SSSR count). The van der Waals surface area contributed by atoms with Crippen molar-refractivity contribution in [1.29, 1.82) is 0 Å². The fourth-order valence-electron chi connectivity index (χ4n) is 9.28. The number of hydrogen-bond acceptors (Lipinski definition) is 0. The van der Waals surface area contributed by atoms with E-state index in [1.807, 2.05) is 0 Å². The van der Waals surface area contributed by atoms with Crippen molar-refractivity contribution in [2.24, 2.45) is 14.1 Å². The first-order valence-electron chi connectivity index (χ1n) is 22.5. The van der Waals surface area contributed by atoms with Gasteiger partial charge in [0, 0.05) is 23.3 Å². The Morgan fingerprint density at radius 1 is 0.215 bits per heavy atom. The van der Waals surface area contributed by atoms with E-state index in [-0.39, 0.29) is 0 Å². The van der Waals surface area contributed by atoms with Gasteiger partial charge in [-0.3, -0.25) is 0 Å². The fourth-order valence-corrected chi connectivity index (χ4v) is 9.28. The number of rotatable bonds is 9. The van der Waals surface area contributed by atoms with Gasteiger partial charge in [0.1, 0.15) is 14.1 Å². The van der Waals surface area contributed by atoms with Gasteiger partial charge in [-0.1, -0.05) is 193 Å². The van der Waals surface area contributed by atoms with Crippen LogP contribution >= 0.6 is 0 Å². The van der Waals surface area contributed by atoms with Crippen molar-refractivity contribution >= 4 is 0 Å². The van der Waals surface area contributed by atoms with E-state index in [0.717, 1.165) is 16.7 Å². The van der Waals surface area contributed by atoms with Gasteiger partial charge in [-0.15, -0.1) is 0 Å². The monoisotopic (exact) mass is 836 g/mol. The minimum atomic E-state index is 1.16. The molecule has 2 heterocycles. The molecule has 10 aromatic rings. The van der Waals surface area contributed by atoms with Crippen LogP contribution in [0.4, 0.5) is 0 Å². The van der Waals surface area contributed by atoms with Gasteiger partial charge in [0.15, 0.2) is 24.8 Å². The third kappa shape index (κ3) is 8.35. The second kappa shape index (κ2) is 17.7. The Labute approximate surface area is 384 Å². The molecule has 0 bridgehead atoms. The van der Waals surface area contributed by atoms with E-state index in [4.69, 9.17) is 0 Å². The van der Waals surface area contributed by atoms with Crippen molar-refractivity contribution in [2.75, 3.05) is 0 Å². The highest BCUT2D eigenvalue weighted by Crippen LogP contribution is 2.56. The summed E-state index contributed by atoms with van der Waals surface area (Å²) in [5.41, 5.74) is 25.0. The summed E-state index contributed by atoms with van der Waals surface area (Å²) in [6.07, 6.45) is 8.54. The lowest BCUT2D eigenvalue weighted by Crippen LogP contribution is -2.26. The Balaban J connectivity index is 1.38. The molecular weight excluding hydrogens is 785 g/mol. The number of aromatic nitrogens is 2. The van der Waals surface area contributed by atoms with Crippen LogP contribution in [0.1, 0.15) is 16.7 Å². The minimum absolute atomic E-state index is 1.16. The molecule has 65 heavy (non-hydrogen) atoms. The number of aryl methyl sites for hydroxylation is 5. The van der Waals surface area contributed by atoms with Crippen LogP contribution in [-0.2, 0) is 14.1 Å². The molecule has 2 nitrogen and oxygen atoms in total.